The lowest BCUT2D eigenvalue weighted by molar-refractivity contribution is 0.102. The first-order valence-electron chi connectivity index (χ1n) is 7.36. The van der Waals surface area contributed by atoms with Crippen molar-refractivity contribution in [3.63, 3.8) is 0 Å². The molecule has 0 atom stereocenters. The number of carbonyl (C=O) groups is 1. The molecule has 0 radical (unpaired) electrons. The number of rotatable bonds is 4. The Morgan fingerprint density at radius 1 is 1.18 bits per heavy atom. The van der Waals surface area contributed by atoms with Crippen LogP contribution < -0.4 is 10.6 Å². The predicted octanol–water partition coefficient (Wildman–Crippen LogP) is 3.22. The number of nitrogens with one attached hydrogen (secondary N) is 2. The maximum Gasteiger partial charge on any atom is 0.274 e. The van der Waals surface area contributed by atoms with Crippen LogP contribution in [-0.2, 0) is 0 Å². The second kappa shape index (κ2) is 6.51. The molecule has 3 rings (SSSR count). The Balaban J connectivity index is 1.69. The fourth-order valence-corrected chi connectivity index (χ4v) is 2.60. The van der Waals surface area contributed by atoms with Gasteiger partial charge in [-0.3, -0.25) is 4.79 Å². The Kier molecular flexibility index (Phi) is 4.27. The van der Waals surface area contributed by atoms with Crippen LogP contribution in [0.5, 0.6) is 0 Å². The summed E-state index contributed by atoms with van der Waals surface area (Å²) in [5, 5.41) is 5.94. The lowest BCUT2D eigenvalue weighted by Gasteiger charge is -2.12. The number of nitrogens with zero attached hydrogens (tertiary/aromatic N) is 2. The highest BCUT2D eigenvalue weighted by Gasteiger charge is 2.16. The van der Waals surface area contributed by atoms with Crippen LogP contribution in [0.25, 0.3) is 0 Å². The zero-order chi connectivity index (χ0) is 15.4. The summed E-state index contributed by atoms with van der Waals surface area (Å²) in [5.41, 5.74) is 0.647. The van der Waals surface area contributed by atoms with Crippen molar-refractivity contribution in [1.29, 1.82) is 0 Å². The molecule has 1 aliphatic carbocycles. The maximum absolute atomic E-state index is 13.1. The smallest absolute Gasteiger partial charge is 0.274 e. The summed E-state index contributed by atoms with van der Waals surface area (Å²) in [4.78, 5) is 20.3. The van der Waals surface area contributed by atoms with Crippen LogP contribution >= 0.6 is 0 Å². The molecule has 1 amide bonds. The first kappa shape index (κ1) is 14.4. The summed E-state index contributed by atoms with van der Waals surface area (Å²) >= 11 is 0. The van der Waals surface area contributed by atoms with Gasteiger partial charge in [-0.25, -0.2) is 14.4 Å². The third-order valence-electron chi connectivity index (χ3n) is 3.69. The van der Waals surface area contributed by atoms with Crippen molar-refractivity contribution in [2.45, 2.75) is 31.7 Å². The lowest BCUT2D eigenvalue weighted by atomic mass is 10.2. The van der Waals surface area contributed by atoms with Gasteiger partial charge in [-0.05, 0) is 31.0 Å². The molecule has 0 saturated heterocycles. The summed E-state index contributed by atoms with van der Waals surface area (Å²) in [7, 11) is 0. The first-order valence-corrected chi connectivity index (χ1v) is 7.36. The monoisotopic (exact) mass is 300 g/mol. The van der Waals surface area contributed by atoms with Crippen molar-refractivity contribution in [2.24, 2.45) is 0 Å². The summed E-state index contributed by atoms with van der Waals surface area (Å²) in [5.74, 6) is -0.141. The van der Waals surface area contributed by atoms with Gasteiger partial charge < -0.3 is 10.6 Å². The molecular weight excluding hydrogens is 283 g/mol. The molecule has 114 valence electrons. The average Bonchev–Trinajstić information content (AvgIpc) is 3.00. The second-order valence-corrected chi connectivity index (χ2v) is 5.38. The molecule has 0 spiro atoms. The van der Waals surface area contributed by atoms with E-state index in [2.05, 4.69) is 20.6 Å². The first-order chi connectivity index (χ1) is 10.7. The highest BCUT2D eigenvalue weighted by Crippen LogP contribution is 2.21. The number of benzene rings is 1. The van der Waals surface area contributed by atoms with E-state index in [4.69, 9.17) is 0 Å². The van der Waals surface area contributed by atoms with Crippen molar-refractivity contribution in [3.05, 3.63) is 48.2 Å². The van der Waals surface area contributed by atoms with E-state index in [0.29, 0.717) is 17.5 Å². The van der Waals surface area contributed by atoms with Crippen LogP contribution in [0.2, 0.25) is 0 Å². The number of aromatic nitrogens is 2. The van der Waals surface area contributed by atoms with E-state index in [1.807, 2.05) is 0 Å². The Morgan fingerprint density at radius 3 is 2.77 bits per heavy atom. The summed E-state index contributed by atoms with van der Waals surface area (Å²) in [6.07, 6.45) is 6.03. The molecule has 1 fully saturated rings. The van der Waals surface area contributed by atoms with E-state index < -0.39 is 5.82 Å². The zero-order valence-electron chi connectivity index (χ0n) is 12.1. The van der Waals surface area contributed by atoms with Crippen molar-refractivity contribution in [2.75, 3.05) is 10.6 Å². The van der Waals surface area contributed by atoms with Crippen LogP contribution in [-0.4, -0.2) is 21.9 Å². The van der Waals surface area contributed by atoms with Gasteiger partial charge in [0.1, 0.15) is 23.7 Å². The largest absolute Gasteiger partial charge is 0.367 e. The van der Waals surface area contributed by atoms with Gasteiger partial charge >= 0.3 is 0 Å². The topological polar surface area (TPSA) is 66.9 Å². The Morgan fingerprint density at radius 2 is 2.00 bits per heavy atom. The van der Waals surface area contributed by atoms with Gasteiger partial charge in [0.2, 0.25) is 0 Å². The molecule has 5 nitrogen and oxygen atoms in total. The molecule has 22 heavy (non-hydrogen) atoms. The number of anilines is 2. The molecule has 0 unspecified atom stereocenters. The summed E-state index contributed by atoms with van der Waals surface area (Å²) in [6.45, 7) is 0. The minimum Gasteiger partial charge on any atom is -0.367 e. The molecular formula is C16H17FN4O. The standard InChI is InChI=1S/C16H17FN4O/c17-11-4-3-7-13(8-11)21-16(22)14-9-15(19-10-18-14)20-12-5-1-2-6-12/h3-4,7-10,12H,1-2,5-6H2,(H,21,22)(H,18,19,20). The van der Waals surface area contributed by atoms with Gasteiger partial charge in [0, 0.05) is 17.8 Å². The number of amides is 1. The SMILES string of the molecule is O=C(Nc1cccc(F)c1)c1cc(NC2CCCC2)ncn1. The van der Waals surface area contributed by atoms with Crippen LogP contribution in [0.4, 0.5) is 15.9 Å². The van der Waals surface area contributed by atoms with Gasteiger partial charge in [-0.15, -0.1) is 0 Å². The quantitative estimate of drug-likeness (QED) is 0.909. The molecule has 1 saturated carbocycles. The van der Waals surface area contributed by atoms with Gasteiger partial charge in [0.15, 0.2) is 0 Å². The zero-order valence-corrected chi connectivity index (χ0v) is 12.1. The van der Waals surface area contributed by atoms with Gasteiger partial charge in [0.25, 0.3) is 5.91 Å². The number of hydrogen-bond donors (Lipinski definition) is 2. The van der Waals surface area contributed by atoms with Crippen LogP contribution in [0.15, 0.2) is 36.7 Å². The lowest BCUT2D eigenvalue weighted by Crippen LogP contribution is -2.18. The Labute approximate surface area is 128 Å². The van der Waals surface area contributed by atoms with Crippen molar-refractivity contribution in [1.82, 2.24) is 9.97 Å². The number of halogens is 1. The molecule has 2 aromatic rings. The third-order valence-corrected chi connectivity index (χ3v) is 3.69. The predicted molar refractivity (Wildman–Crippen MR) is 82.3 cm³/mol. The second-order valence-electron chi connectivity index (χ2n) is 5.38. The Bertz CT molecular complexity index is 671. The highest BCUT2D eigenvalue weighted by atomic mass is 19.1. The molecule has 1 aliphatic rings. The van der Waals surface area contributed by atoms with E-state index in [9.17, 15) is 9.18 Å². The fourth-order valence-electron chi connectivity index (χ4n) is 2.60. The minimum atomic E-state index is -0.399. The van der Waals surface area contributed by atoms with E-state index >= 15 is 0 Å². The Hall–Kier alpha value is -2.50. The normalized spacial score (nSPS) is 14.8. The number of hydrogen-bond acceptors (Lipinski definition) is 4. The molecule has 2 N–H and O–H groups in total. The molecule has 6 heteroatoms. The van der Waals surface area contributed by atoms with E-state index in [0.717, 1.165) is 12.8 Å². The minimum absolute atomic E-state index is 0.250. The number of carbonyl (C=O) groups excluding carboxylic acids is 1. The molecule has 1 heterocycles. The fraction of sp³-hybridized carbons (Fsp3) is 0.312. The third kappa shape index (κ3) is 3.58. The maximum atomic E-state index is 13.1. The molecule has 0 aliphatic heterocycles. The van der Waals surface area contributed by atoms with E-state index in [1.54, 1.807) is 12.1 Å². The van der Waals surface area contributed by atoms with Gasteiger partial charge in [0.05, 0.1) is 0 Å². The molecule has 1 aromatic heterocycles. The van der Waals surface area contributed by atoms with Crippen molar-refractivity contribution in [3.8, 4) is 0 Å². The molecule has 1 aromatic carbocycles. The van der Waals surface area contributed by atoms with Crippen LogP contribution in [0.3, 0.4) is 0 Å². The van der Waals surface area contributed by atoms with Gasteiger partial charge in [-0.2, -0.15) is 0 Å². The van der Waals surface area contributed by atoms with Crippen LogP contribution in [0.1, 0.15) is 36.2 Å². The summed E-state index contributed by atoms with van der Waals surface area (Å²) in [6, 6.07) is 7.78. The highest BCUT2D eigenvalue weighted by molar-refractivity contribution is 6.03. The van der Waals surface area contributed by atoms with Gasteiger partial charge in [-0.1, -0.05) is 18.9 Å². The van der Waals surface area contributed by atoms with E-state index in [1.165, 1.54) is 37.4 Å². The molecule has 0 bridgehead atoms. The average molecular weight is 300 g/mol. The van der Waals surface area contributed by atoms with Crippen molar-refractivity contribution < 1.29 is 9.18 Å². The van der Waals surface area contributed by atoms with E-state index in [-0.39, 0.29) is 11.6 Å². The van der Waals surface area contributed by atoms with Crippen molar-refractivity contribution >= 4 is 17.4 Å². The van der Waals surface area contributed by atoms with Crippen LogP contribution in [0, 0.1) is 5.82 Å². The summed E-state index contributed by atoms with van der Waals surface area (Å²) < 4.78 is 13.1.